The third-order valence-corrected chi connectivity index (χ3v) is 6.10. The molecule has 3 nitrogen and oxygen atoms in total. The van der Waals surface area contributed by atoms with Gasteiger partial charge >= 0.3 is 0 Å². The minimum absolute atomic E-state index is 0.154. The van der Waals surface area contributed by atoms with Crippen LogP contribution in [0.3, 0.4) is 0 Å². The Morgan fingerprint density at radius 2 is 1.88 bits per heavy atom. The Labute approximate surface area is 154 Å². The summed E-state index contributed by atoms with van der Waals surface area (Å²) in [6.45, 7) is 6.55. The fourth-order valence-electron chi connectivity index (χ4n) is 5.07. The van der Waals surface area contributed by atoms with E-state index in [0.717, 1.165) is 17.7 Å². The van der Waals surface area contributed by atoms with E-state index in [9.17, 15) is 4.79 Å². The number of hydrogen-bond acceptors (Lipinski definition) is 2. The maximum Gasteiger partial charge on any atom is 0.243 e. The molecule has 0 bridgehead atoms. The van der Waals surface area contributed by atoms with Crippen molar-refractivity contribution in [3.8, 4) is 0 Å². The number of hydrogen-bond donors (Lipinski definition) is 0. The summed E-state index contributed by atoms with van der Waals surface area (Å²) >= 11 is 0. The second-order valence-corrected chi connectivity index (χ2v) is 8.48. The molecule has 0 saturated carbocycles. The van der Waals surface area contributed by atoms with Gasteiger partial charge in [0.05, 0.1) is 6.04 Å². The highest BCUT2D eigenvalue weighted by Gasteiger charge is 2.59. The molecule has 3 aliphatic rings. The van der Waals surface area contributed by atoms with Crippen LogP contribution in [0, 0.1) is 12.8 Å². The Kier molecular flexibility index (Phi) is 3.23. The Hall–Kier alpha value is -2.39. The highest BCUT2D eigenvalue weighted by atomic mass is 16.2. The van der Waals surface area contributed by atoms with Crippen LogP contribution < -0.4 is 0 Å². The van der Waals surface area contributed by atoms with Crippen LogP contribution >= 0.6 is 0 Å². The van der Waals surface area contributed by atoms with Gasteiger partial charge in [0.2, 0.25) is 5.91 Å². The number of carbonyl (C=O) groups excluding carboxylic acids is 1. The van der Waals surface area contributed by atoms with E-state index in [4.69, 9.17) is 0 Å². The van der Waals surface area contributed by atoms with Crippen LogP contribution in [0.25, 0.3) is 6.08 Å². The molecule has 5 rings (SSSR count). The molecule has 3 heteroatoms. The molecule has 1 amide bonds. The second-order valence-electron chi connectivity index (χ2n) is 8.48. The van der Waals surface area contributed by atoms with Crippen molar-refractivity contribution in [2.45, 2.75) is 45.2 Å². The molecular weight excluding hydrogens is 320 g/mol. The molecule has 0 aromatic heterocycles. The average molecular weight is 344 g/mol. The first-order valence-electron chi connectivity index (χ1n) is 9.44. The number of rotatable bonds is 1. The molecule has 0 spiro atoms. The maximum atomic E-state index is 12.9. The minimum Gasteiger partial charge on any atom is -0.273 e. The molecule has 2 atom stereocenters. The quantitative estimate of drug-likeness (QED) is 0.761. The van der Waals surface area contributed by atoms with Gasteiger partial charge in [-0.1, -0.05) is 54.1 Å². The Morgan fingerprint density at radius 3 is 2.65 bits per heavy atom. The van der Waals surface area contributed by atoms with Gasteiger partial charge in [-0.25, -0.2) is 5.01 Å². The summed E-state index contributed by atoms with van der Waals surface area (Å²) in [5.41, 5.74) is 6.31. The Bertz CT molecular complexity index is 928. The molecule has 0 N–H and O–H groups in total. The van der Waals surface area contributed by atoms with E-state index in [1.807, 2.05) is 11.1 Å². The fraction of sp³-hybridized carbons (Fsp3) is 0.348. The number of benzene rings is 2. The lowest BCUT2D eigenvalue weighted by Crippen LogP contribution is -2.43. The van der Waals surface area contributed by atoms with Gasteiger partial charge in [0, 0.05) is 23.6 Å². The maximum absolute atomic E-state index is 12.9. The normalized spacial score (nSPS) is 27.7. The predicted octanol–water partition coefficient (Wildman–Crippen LogP) is 4.49. The summed E-state index contributed by atoms with van der Waals surface area (Å²) < 4.78 is 0. The lowest BCUT2D eigenvalue weighted by molar-refractivity contribution is -0.134. The van der Waals surface area contributed by atoms with Gasteiger partial charge < -0.3 is 0 Å². The van der Waals surface area contributed by atoms with E-state index in [1.165, 1.54) is 16.7 Å². The average Bonchev–Trinajstić information content (AvgIpc) is 3.17. The van der Waals surface area contributed by atoms with E-state index in [2.05, 4.69) is 74.3 Å². The SMILES string of the molecule is Cc1ccc2c(c1)CC1/C(=C\c3ccccc3)N3C(=O)CC(C)(C)N3C21. The second kappa shape index (κ2) is 5.31. The first kappa shape index (κ1) is 15.8. The van der Waals surface area contributed by atoms with Crippen molar-refractivity contribution in [2.75, 3.05) is 0 Å². The van der Waals surface area contributed by atoms with Crippen molar-refractivity contribution in [3.63, 3.8) is 0 Å². The first-order valence-corrected chi connectivity index (χ1v) is 9.44. The minimum atomic E-state index is -0.154. The molecule has 2 fully saturated rings. The molecule has 2 heterocycles. The zero-order chi connectivity index (χ0) is 18.1. The number of carbonyl (C=O) groups is 1. The Balaban J connectivity index is 1.68. The van der Waals surface area contributed by atoms with Crippen LogP contribution in [-0.2, 0) is 11.2 Å². The lowest BCUT2D eigenvalue weighted by Gasteiger charge is -2.35. The van der Waals surface area contributed by atoms with Gasteiger partial charge in [0.1, 0.15) is 0 Å². The zero-order valence-electron chi connectivity index (χ0n) is 15.6. The van der Waals surface area contributed by atoms with Crippen LogP contribution in [0.5, 0.6) is 0 Å². The van der Waals surface area contributed by atoms with Crippen LogP contribution in [-0.4, -0.2) is 21.5 Å². The van der Waals surface area contributed by atoms with E-state index >= 15 is 0 Å². The van der Waals surface area contributed by atoms with Crippen LogP contribution in [0.4, 0.5) is 0 Å². The topological polar surface area (TPSA) is 23.6 Å². The van der Waals surface area contributed by atoms with E-state index in [-0.39, 0.29) is 17.5 Å². The van der Waals surface area contributed by atoms with Gasteiger partial charge in [0.15, 0.2) is 0 Å². The number of amides is 1. The molecule has 2 aromatic rings. The number of fused-ring (bicyclic) bond motifs is 5. The molecule has 1 aliphatic carbocycles. The summed E-state index contributed by atoms with van der Waals surface area (Å²) in [6.07, 6.45) is 3.80. The predicted molar refractivity (Wildman–Crippen MR) is 103 cm³/mol. The van der Waals surface area contributed by atoms with Crippen molar-refractivity contribution in [3.05, 3.63) is 76.5 Å². The van der Waals surface area contributed by atoms with E-state index in [1.54, 1.807) is 0 Å². The first-order chi connectivity index (χ1) is 12.5. The van der Waals surface area contributed by atoms with Crippen molar-refractivity contribution in [1.29, 1.82) is 0 Å². The largest absolute Gasteiger partial charge is 0.273 e. The van der Waals surface area contributed by atoms with Crippen molar-refractivity contribution >= 4 is 12.0 Å². The molecule has 2 aliphatic heterocycles. The molecular formula is C23H24N2O. The summed E-state index contributed by atoms with van der Waals surface area (Å²) in [5, 5.41) is 4.35. The molecule has 26 heavy (non-hydrogen) atoms. The summed E-state index contributed by atoms with van der Waals surface area (Å²) in [7, 11) is 0. The van der Waals surface area contributed by atoms with Gasteiger partial charge in [-0.15, -0.1) is 0 Å². The smallest absolute Gasteiger partial charge is 0.243 e. The zero-order valence-corrected chi connectivity index (χ0v) is 15.6. The molecule has 2 aromatic carbocycles. The van der Waals surface area contributed by atoms with Crippen molar-refractivity contribution < 1.29 is 4.79 Å². The van der Waals surface area contributed by atoms with Crippen molar-refractivity contribution in [2.24, 2.45) is 5.92 Å². The third-order valence-electron chi connectivity index (χ3n) is 6.10. The van der Waals surface area contributed by atoms with Gasteiger partial charge in [-0.05, 0) is 50.0 Å². The Morgan fingerprint density at radius 1 is 1.12 bits per heavy atom. The standard InChI is InChI=1S/C23H24N2O/c1-15-9-10-18-17(11-15)13-19-20(12-16-7-5-4-6-8-16)24-21(26)14-23(2,3)25(24)22(18)19/h4-12,19,22H,13-14H2,1-3H3/b20-12+. The number of hydrazine groups is 1. The molecule has 2 saturated heterocycles. The lowest BCUT2D eigenvalue weighted by atomic mass is 9.92. The summed E-state index contributed by atoms with van der Waals surface area (Å²) in [5.74, 6) is 0.566. The van der Waals surface area contributed by atoms with E-state index < -0.39 is 0 Å². The summed E-state index contributed by atoms with van der Waals surface area (Å²) in [6, 6.07) is 17.4. The van der Waals surface area contributed by atoms with Crippen LogP contribution in [0.2, 0.25) is 0 Å². The monoisotopic (exact) mass is 344 g/mol. The number of aryl methyl sites for hydroxylation is 1. The highest BCUT2D eigenvalue weighted by Crippen LogP contribution is 2.57. The van der Waals surface area contributed by atoms with Crippen molar-refractivity contribution in [1.82, 2.24) is 10.0 Å². The highest BCUT2D eigenvalue weighted by molar-refractivity contribution is 5.83. The van der Waals surface area contributed by atoms with Gasteiger partial charge in [-0.3, -0.25) is 4.79 Å². The molecule has 132 valence electrons. The van der Waals surface area contributed by atoms with Gasteiger partial charge in [-0.2, -0.15) is 5.01 Å². The fourth-order valence-corrected chi connectivity index (χ4v) is 5.07. The van der Waals surface area contributed by atoms with Crippen LogP contribution in [0.1, 0.15) is 48.6 Å². The van der Waals surface area contributed by atoms with Crippen LogP contribution in [0.15, 0.2) is 54.2 Å². The van der Waals surface area contributed by atoms with E-state index in [0.29, 0.717) is 12.3 Å². The molecule has 2 unspecified atom stereocenters. The molecule has 0 radical (unpaired) electrons. The number of nitrogens with zero attached hydrogens (tertiary/aromatic N) is 2. The van der Waals surface area contributed by atoms with Gasteiger partial charge in [0.25, 0.3) is 0 Å². The summed E-state index contributed by atoms with van der Waals surface area (Å²) in [4.78, 5) is 12.9. The third kappa shape index (κ3) is 2.13.